The quantitative estimate of drug-likeness (QED) is 0.807. The Bertz CT molecular complexity index is 472. The van der Waals surface area contributed by atoms with Crippen LogP contribution in [-0.2, 0) is 6.42 Å². The van der Waals surface area contributed by atoms with Gasteiger partial charge in [-0.15, -0.1) is 0 Å². The summed E-state index contributed by atoms with van der Waals surface area (Å²) >= 11 is 0. The highest BCUT2D eigenvalue weighted by molar-refractivity contribution is 5.61. The fraction of sp³-hybridized carbons (Fsp3) is 0.500. The SMILES string of the molecule is CNCCCN1C=Cc2cc(OC)c(OC)cc2CC1. The second kappa shape index (κ2) is 7.20. The van der Waals surface area contributed by atoms with Gasteiger partial charge in [0.15, 0.2) is 11.5 Å². The zero-order valence-electron chi connectivity index (χ0n) is 12.6. The molecule has 1 N–H and O–H groups in total. The predicted molar refractivity (Wildman–Crippen MR) is 82.4 cm³/mol. The summed E-state index contributed by atoms with van der Waals surface area (Å²) in [4.78, 5) is 2.37. The number of fused-ring (bicyclic) bond motifs is 1. The van der Waals surface area contributed by atoms with Crippen LogP contribution in [0.4, 0.5) is 0 Å². The molecule has 1 aliphatic rings. The molecule has 2 rings (SSSR count). The first-order chi connectivity index (χ1) is 9.78. The Hall–Kier alpha value is -1.68. The van der Waals surface area contributed by atoms with Gasteiger partial charge in [-0.3, -0.25) is 0 Å². The molecule has 4 heteroatoms. The fourth-order valence-corrected chi connectivity index (χ4v) is 2.48. The maximum atomic E-state index is 5.38. The van der Waals surface area contributed by atoms with Crippen LogP contribution in [0.2, 0.25) is 0 Å². The fourth-order valence-electron chi connectivity index (χ4n) is 2.48. The summed E-state index contributed by atoms with van der Waals surface area (Å²) in [6.07, 6.45) is 6.54. The van der Waals surface area contributed by atoms with Crippen molar-refractivity contribution in [2.24, 2.45) is 0 Å². The normalized spacial score (nSPS) is 13.8. The number of methoxy groups -OCH3 is 2. The molecule has 0 radical (unpaired) electrons. The molecule has 110 valence electrons. The van der Waals surface area contributed by atoms with E-state index in [1.54, 1.807) is 14.2 Å². The number of rotatable bonds is 6. The summed E-state index contributed by atoms with van der Waals surface area (Å²) in [5.74, 6) is 1.60. The zero-order chi connectivity index (χ0) is 14.4. The van der Waals surface area contributed by atoms with Crippen molar-refractivity contribution in [3.05, 3.63) is 29.5 Å². The van der Waals surface area contributed by atoms with Gasteiger partial charge >= 0.3 is 0 Å². The average molecular weight is 276 g/mol. The van der Waals surface area contributed by atoms with E-state index in [-0.39, 0.29) is 0 Å². The Balaban J connectivity index is 2.12. The molecule has 0 aliphatic carbocycles. The van der Waals surface area contributed by atoms with Crippen LogP contribution in [0.1, 0.15) is 17.5 Å². The van der Waals surface area contributed by atoms with Crippen molar-refractivity contribution < 1.29 is 9.47 Å². The Labute approximate surface area is 121 Å². The topological polar surface area (TPSA) is 33.7 Å². The lowest BCUT2D eigenvalue weighted by Gasteiger charge is -2.18. The summed E-state index contributed by atoms with van der Waals surface area (Å²) in [7, 11) is 5.35. The summed E-state index contributed by atoms with van der Waals surface area (Å²) in [5.41, 5.74) is 2.54. The first-order valence-electron chi connectivity index (χ1n) is 7.10. The predicted octanol–water partition coefficient (Wildman–Crippen LogP) is 2.14. The molecule has 0 aromatic heterocycles. The van der Waals surface area contributed by atoms with E-state index >= 15 is 0 Å². The highest BCUT2D eigenvalue weighted by Crippen LogP contribution is 2.32. The van der Waals surface area contributed by atoms with E-state index in [4.69, 9.17) is 9.47 Å². The lowest BCUT2D eigenvalue weighted by Crippen LogP contribution is -2.23. The van der Waals surface area contributed by atoms with Crippen LogP contribution in [0.25, 0.3) is 6.08 Å². The molecule has 0 saturated carbocycles. The molecular weight excluding hydrogens is 252 g/mol. The van der Waals surface area contributed by atoms with Gasteiger partial charge in [-0.05, 0) is 62.0 Å². The smallest absolute Gasteiger partial charge is 0.161 e. The van der Waals surface area contributed by atoms with E-state index in [1.165, 1.54) is 11.1 Å². The molecule has 0 spiro atoms. The first kappa shape index (κ1) is 14.7. The number of ether oxygens (including phenoxy) is 2. The van der Waals surface area contributed by atoms with Crippen LogP contribution < -0.4 is 14.8 Å². The zero-order valence-corrected chi connectivity index (χ0v) is 12.6. The number of hydrogen-bond donors (Lipinski definition) is 1. The molecular formula is C16H24N2O2. The van der Waals surface area contributed by atoms with E-state index in [0.29, 0.717) is 0 Å². The first-order valence-corrected chi connectivity index (χ1v) is 7.10. The molecule has 0 atom stereocenters. The Morgan fingerprint density at radius 2 is 1.95 bits per heavy atom. The van der Waals surface area contributed by atoms with Crippen molar-refractivity contribution in [1.29, 1.82) is 0 Å². The minimum atomic E-state index is 0.791. The van der Waals surface area contributed by atoms with E-state index in [9.17, 15) is 0 Å². The van der Waals surface area contributed by atoms with Crippen molar-refractivity contribution in [2.75, 3.05) is 40.9 Å². The second-order valence-corrected chi connectivity index (χ2v) is 4.96. The van der Waals surface area contributed by atoms with Crippen molar-refractivity contribution >= 4 is 6.08 Å². The van der Waals surface area contributed by atoms with Crippen molar-refractivity contribution in [3.63, 3.8) is 0 Å². The second-order valence-electron chi connectivity index (χ2n) is 4.96. The largest absolute Gasteiger partial charge is 0.493 e. The number of hydrogen-bond acceptors (Lipinski definition) is 4. The number of nitrogens with one attached hydrogen (secondary N) is 1. The molecule has 1 aromatic rings. The third kappa shape index (κ3) is 3.45. The van der Waals surface area contributed by atoms with Gasteiger partial charge in [0.2, 0.25) is 0 Å². The highest BCUT2D eigenvalue weighted by atomic mass is 16.5. The third-order valence-electron chi connectivity index (χ3n) is 3.65. The van der Waals surface area contributed by atoms with Gasteiger partial charge < -0.3 is 19.7 Å². The van der Waals surface area contributed by atoms with Gasteiger partial charge in [-0.2, -0.15) is 0 Å². The molecule has 1 aromatic carbocycles. The third-order valence-corrected chi connectivity index (χ3v) is 3.65. The van der Waals surface area contributed by atoms with Gasteiger partial charge in [0.1, 0.15) is 0 Å². The Morgan fingerprint density at radius 3 is 2.65 bits per heavy atom. The van der Waals surface area contributed by atoms with E-state index < -0.39 is 0 Å². The monoisotopic (exact) mass is 276 g/mol. The van der Waals surface area contributed by atoms with Crippen molar-refractivity contribution in [3.8, 4) is 11.5 Å². The summed E-state index contributed by atoms with van der Waals surface area (Å²) in [6.45, 7) is 3.18. The van der Waals surface area contributed by atoms with Gasteiger partial charge in [-0.25, -0.2) is 0 Å². The minimum Gasteiger partial charge on any atom is -0.493 e. The van der Waals surface area contributed by atoms with Crippen molar-refractivity contribution in [1.82, 2.24) is 10.2 Å². The van der Waals surface area contributed by atoms with E-state index in [2.05, 4.69) is 34.6 Å². The number of benzene rings is 1. The number of nitrogens with zero attached hydrogens (tertiary/aromatic N) is 1. The van der Waals surface area contributed by atoms with E-state index in [0.717, 1.165) is 44.0 Å². The molecule has 4 nitrogen and oxygen atoms in total. The Morgan fingerprint density at radius 1 is 1.20 bits per heavy atom. The molecule has 0 unspecified atom stereocenters. The van der Waals surface area contributed by atoms with Crippen LogP contribution in [0.15, 0.2) is 18.3 Å². The summed E-state index contributed by atoms with van der Waals surface area (Å²) in [5, 5.41) is 3.19. The lowest BCUT2D eigenvalue weighted by molar-refractivity contribution is 0.353. The van der Waals surface area contributed by atoms with Crippen LogP contribution >= 0.6 is 0 Å². The Kier molecular flexibility index (Phi) is 5.30. The molecule has 0 saturated heterocycles. The highest BCUT2D eigenvalue weighted by Gasteiger charge is 2.13. The van der Waals surface area contributed by atoms with Gasteiger partial charge in [0.05, 0.1) is 14.2 Å². The molecule has 20 heavy (non-hydrogen) atoms. The van der Waals surface area contributed by atoms with Crippen LogP contribution in [-0.4, -0.2) is 45.8 Å². The van der Waals surface area contributed by atoms with E-state index in [1.807, 2.05) is 7.05 Å². The standard InChI is InChI=1S/C16H24N2O2/c1-17-7-4-8-18-9-5-13-11-15(19-2)16(20-3)12-14(13)6-10-18/h5,9,11-12,17H,4,6-8,10H2,1-3H3. The van der Waals surface area contributed by atoms with Crippen LogP contribution in [0.5, 0.6) is 11.5 Å². The van der Waals surface area contributed by atoms with Gasteiger partial charge in [0, 0.05) is 13.1 Å². The maximum absolute atomic E-state index is 5.38. The molecule has 0 fully saturated rings. The van der Waals surface area contributed by atoms with Crippen molar-refractivity contribution in [2.45, 2.75) is 12.8 Å². The van der Waals surface area contributed by atoms with Crippen LogP contribution in [0, 0.1) is 0 Å². The molecule has 1 aliphatic heterocycles. The molecule has 0 amide bonds. The van der Waals surface area contributed by atoms with Crippen LogP contribution in [0.3, 0.4) is 0 Å². The summed E-state index contributed by atoms with van der Waals surface area (Å²) < 4.78 is 10.7. The summed E-state index contributed by atoms with van der Waals surface area (Å²) in [6, 6.07) is 4.15. The minimum absolute atomic E-state index is 0.791. The molecule has 1 heterocycles. The average Bonchev–Trinajstić information content (AvgIpc) is 2.68. The molecule has 0 bridgehead atoms. The lowest BCUT2D eigenvalue weighted by atomic mass is 10.0. The maximum Gasteiger partial charge on any atom is 0.161 e. The van der Waals surface area contributed by atoms with Gasteiger partial charge in [-0.1, -0.05) is 0 Å². The van der Waals surface area contributed by atoms with Gasteiger partial charge in [0.25, 0.3) is 0 Å².